The number of aryl methyl sites for hydroxylation is 1. The molecule has 3 heterocycles. The third kappa shape index (κ3) is 2.97. The molecule has 1 aliphatic heterocycles. The van der Waals surface area contributed by atoms with Crippen molar-refractivity contribution in [2.45, 2.75) is 58.7 Å². The minimum atomic E-state index is 0.192. The first-order chi connectivity index (χ1) is 10.1. The van der Waals surface area contributed by atoms with E-state index in [0.29, 0.717) is 11.9 Å². The first-order valence-corrected chi connectivity index (χ1v) is 7.58. The van der Waals surface area contributed by atoms with Gasteiger partial charge in [0.2, 0.25) is 5.89 Å². The Morgan fingerprint density at radius 2 is 2.24 bits per heavy atom. The monoisotopic (exact) mass is 290 g/mol. The molecule has 0 radical (unpaired) electrons. The second-order valence-electron chi connectivity index (χ2n) is 5.91. The Hall–Kier alpha value is -1.76. The standard InChI is InChI=1S/C14H22N6O/c1-10(2)20-9-15-17-13(20)8-19-7-5-4-6-12(19)14-16-11(3)18-21-14/h9-10,12H,4-8H2,1-3H3/t12-/m1/s1. The molecule has 0 N–H and O–H groups in total. The number of likely N-dealkylation sites (tertiary alicyclic amines) is 1. The second kappa shape index (κ2) is 5.93. The third-order valence-electron chi connectivity index (χ3n) is 3.99. The summed E-state index contributed by atoms with van der Waals surface area (Å²) < 4.78 is 7.50. The van der Waals surface area contributed by atoms with Gasteiger partial charge in [-0.25, -0.2) is 0 Å². The average Bonchev–Trinajstić information content (AvgIpc) is 3.08. The maximum atomic E-state index is 5.39. The van der Waals surface area contributed by atoms with E-state index in [1.807, 2.05) is 6.92 Å². The summed E-state index contributed by atoms with van der Waals surface area (Å²) in [6.45, 7) is 7.93. The van der Waals surface area contributed by atoms with Gasteiger partial charge in [0.25, 0.3) is 0 Å². The minimum Gasteiger partial charge on any atom is -0.338 e. The van der Waals surface area contributed by atoms with E-state index in [1.54, 1.807) is 6.33 Å². The Morgan fingerprint density at radius 3 is 2.95 bits per heavy atom. The summed E-state index contributed by atoms with van der Waals surface area (Å²) in [4.78, 5) is 6.78. The Labute approximate surface area is 124 Å². The van der Waals surface area contributed by atoms with Gasteiger partial charge < -0.3 is 9.09 Å². The van der Waals surface area contributed by atoms with Gasteiger partial charge in [-0.3, -0.25) is 4.90 Å². The van der Waals surface area contributed by atoms with E-state index >= 15 is 0 Å². The Bertz CT molecular complexity index is 590. The average molecular weight is 290 g/mol. The van der Waals surface area contributed by atoms with Gasteiger partial charge in [-0.2, -0.15) is 4.98 Å². The highest BCUT2D eigenvalue weighted by molar-refractivity contribution is 4.97. The summed E-state index contributed by atoms with van der Waals surface area (Å²) in [5.41, 5.74) is 0. The van der Waals surface area contributed by atoms with Gasteiger partial charge in [0, 0.05) is 6.04 Å². The van der Waals surface area contributed by atoms with Crippen molar-refractivity contribution in [3.05, 3.63) is 23.9 Å². The number of nitrogens with zero attached hydrogens (tertiary/aromatic N) is 6. The molecule has 7 nitrogen and oxygen atoms in total. The van der Waals surface area contributed by atoms with Gasteiger partial charge in [-0.15, -0.1) is 10.2 Å². The molecule has 0 spiro atoms. The lowest BCUT2D eigenvalue weighted by Gasteiger charge is -2.33. The van der Waals surface area contributed by atoms with Crippen LogP contribution in [0, 0.1) is 6.92 Å². The molecule has 0 bridgehead atoms. The van der Waals surface area contributed by atoms with Gasteiger partial charge in [0.15, 0.2) is 5.82 Å². The second-order valence-corrected chi connectivity index (χ2v) is 5.91. The third-order valence-corrected chi connectivity index (χ3v) is 3.99. The molecule has 0 aromatic carbocycles. The van der Waals surface area contributed by atoms with Crippen molar-refractivity contribution in [2.75, 3.05) is 6.54 Å². The van der Waals surface area contributed by atoms with Crippen LogP contribution in [0.4, 0.5) is 0 Å². The minimum absolute atomic E-state index is 0.192. The zero-order chi connectivity index (χ0) is 14.8. The number of rotatable bonds is 4. The van der Waals surface area contributed by atoms with Crippen molar-refractivity contribution in [2.24, 2.45) is 0 Å². The van der Waals surface area contributed by atoms with E-state index in [-0.39, 0.29) is 6.04 Å². The van der Waals surface area contributed by atoms with Gasteiger partial charge in [0.05, 0.1) is 12.6 Å². The van der Waals surface area contributed by atoms with Crippen molar-refractivity contribution in [1.29, 1.82) is 0 Å². The highest BCUT2D eigenvalue weighted by atomic mass is 16.5. The summed E-state index contributed by atoms with van der Waals surface area (Å²) in [7, 11) is 0. The van der Waals surface area contributed by atoms with E-state index < -0.39 is 0 Å². The molecule has 0 aliphatic carbocycles. The Morgan fingerprint density at radius 1 is 1.38 bits per heavy atom. The Kier molecular flexibility index (Phi) is 4.01. The lowest BCUT2D eigenvalue weighted by Crippen LogP contribution is -2.34. The molecule has 1 fully saturated rings. The van der Waals surface area contributed by atoms with Crippen LogP contribution in [0.5, 0.6) is 0 Å². The molecule has 7 heteroatoms. The van der Waals surface area contributed by atoms with Crippen molar-refractivity contribution in [1.82, 2.24) is 29.8 Å². The topological polar surface area (TPSA) is 72.9 Å². The predicted molar refractivity (Wildman–Crippen MR) is 76.4 cm³/mol. The van der Waals surface area contributed by atoms with Gasteiger partial charge in [-0.05, 0) is 40.2 Å². The quantitative estimate of drug-likeness (QED) is 0.860. The maximum Gasteiger partial charge on any atom is 0.243 e. The fraction of sp³-hybridized carbons (Fsp3) is 0.714. The van der Waals surface area contributed by atoms with Crippen LogP contribution < -0.4 is 0 Å². The van der Waals surface area contributed by atoms with Crippen LogP contribution in [-0.4, -0.2) is 36.3 Å². The molecule has 0 amide bonds. The van der Waals surface area contributed by atoms with E-state index in [0.717, 1.165) is 31.2 Å². The largest absolute Gasteiger partial charge is 0.338 e. The molecule has 21 heavy (non-hydrogen) atoms. The number of aromatic nitrogens is 5. The zero-order valence-corrected chi connectivity index (χ0v) is 12.9. The predicted octanol–water partition coefficient (Wildman–Crippen LogP) is 2.28. The summed E-state index contributed by atoms with van der Waals surface area (Å²) in [5, 5.41) is 12.2. The van der Waals surface area contributed by atoms with Crippen LogP contribution in [0.1, 0.15) is 62.7 Å². The number of hydrogen-bond acceptors (Lipinski definition) is 6. The first-order valence-electron chi connectivity index (χ1n) is 7.58. The summed E-state index contributed by atoms with van der Waals surface area (Å²) in [6.07, 6.45) is 5.24. The van der Waals surface area contributed by atoms with E-state index in [4.69, 9.17) is 4.52 Å². The number of hydrogen-bond donors (Lipinski definition) is 0. The summed E-state index contributed by atoms with van der Waals surface area (Å²) in [6, 6.07) is 0.557. The molecular weight excluding hydrogens is 268 g/mol. The lowest BCUT2D eigenvalue weighted by atomic mass is 10.0. The van der Waals surface area contributed by atoms with E-state index in [2.05, 4.69) is 43.7 Å². The van der Waals surface area contributed by atoms with Crippen molar-refractivity contribution in [3.8, 4) is 0 Å². The molecule has 0 unspecified atom stereocenters. The molecule has 0 saturated carbocycles. The first kappa shape index (κ1) is 14.2. The smallest absolute Gasteiger partial charge is 0.243 e. The van der Waals surface area contributed by atoms with Crippen LogP contribution in [-0.2, 0) is 6.54 Å². The summed E-state index contributed by atoms with van der Waals surface area (Å²) >= 11 is 0. The normalized spacial score (nSPS) is 20.3. The molecular formula is C14H22N6O. The van der Waals surface area contributed by atoms with Gasteiger partial charge in [-0.1, -0.05) is 11.6 Å². The van der Waals surface area contributed by atoms with Crippen molar-refractivity contribution in [3.63, 3.8) is 0 Å². The number of piperidine rings is 1. The van der Waals surface area contributed by atoms with Crippen LogP contribution in [0.2, 0.25) is 0 Å². The van der Waals surface area contributed by atoms with Crippen LogP contribution in [0.15, 0.2) is 10.9 Å². The molecule has 114 valence electrons. The van der Waals surface area contributed by atoms with Crippen LogP contribution >= 0.6 is 0 Å². The highest BCUT2D eigenvalue weighted by Crippen LogP contribution is 2.31. The highest BCUT2D eigenvalue weighted by Gasteiger charge is 2.29. The molecule has 1 saturated heterocycles. The zero-order valence-electron chi connectivity index (χ0n) is 12.9. The lowest BCUT2D eigenvalue weighted by molar-refractivity contribution is 0.107. The molecule has 3 rings (SSSR count). The fourth-order valence-corrected chi connectivity index (χ4v) is 2.90. The summed E-state index contributed by atoms with van der Waals surface area (Å²) in [5.74, 6) is 2.41. The molecule has 2 aromatic rings. The molecule has 2 aromatic heterocycles. The van der Waals surface area contributed by atoms with Crippen molar-refractivity contribution < 1.29 is 4.52 Å². The molecule has 1 atom stereocenters. The van der Waals surface area contributed by atoms with Gasteiger partial charge in [0.1, 0.15) is 12.2 Å². The Balaban J connectivity index is 1.80. The molecule has 1 aliphatic rings. The SMILES string of the molecule is Cc1noc([C@H]2CCCCN2Cc2nncn2C(C)C)n1. The fourth-order valence-electron chi connectivity index (χ4n) is 2.90. The van der Waals surface area contributed by atoms with Gasteiger partial charge >= 0.3 is 0 Å². The van der Waals surface area contributed by atoms with E-state index in [9.17, 15) is 0 Å². The maximum absolute atomic E-state index is 5.39. The van der Waals surface area contributed by atoms with Crippen LogP contribution in [0.25, 0.3) is 0 Å². The van der Waals surface area contributed by atoms with Crippen molar-refractivity contribution >= 4 is 0 Å². The van der Waals surface area contributed by atoms with Crippen LogP contribution in [0.3, 0.4) is 0 Å². The van der Waals surface area contributed by atoms with E-state index in [1.165, 1.54) is 12.8 Å².